The molecule has 0 aliphatic carbocycles. The second-order valence-electron chi connectivity index (χ2n) is 3.85. The Morgan fingerprint density at radius 2 is 1.72 bits per heavy atom. The van der Waals surface area contributed by atoms with E-state index in [2.05, 4.69) is 5.32 Å². The summed E-state index contributed by atoms with van der Waals surface area (Å²) in [5, 5.41) is 19.6. The Labute approximate surface area is 128 Å². The number of hydrogen-bond acceptors (Lipinski definition) is 3. The maximum atomic E-state index is 11.4. The Morgan fingerprint density at radius 1 is 1.11 bits per heavy atom. The summed E-state index contributed by atoms with van der Waals surface area (Å²) in [5.41, 5.74) is 0. The first kappa shape index (κ1) is 19.7. The quantitative estimate of drug-likeness (QED) is 0.414. The number of rotatable bonds is 9. The number of amides is 1. The zero-order valence-corrected chi connectivity index (χ0v) is 9.94. The average molecular weight is 269 g/mol. The van der Waals surface area contributed by atoms with Crippen molar-refractivity contribution >= 4 is 47.4 Å². The fourth-order valence-corrected chi connectivity index (χ4v) is 1.33. The molecule has 0 aliphatic rings. The molecular weight excluding hydrogens is 249 g/mol. The number of carboxylic acid groups (broad SMARTS) is 2. The summed E-state index contributed by atoms with van der Waals surface area (Å²) in [6.07, 6.45) is 2.53. The molecule has 0 saturated heterocycles. The monoisotopic (exact) mass is 269 g/mol. The minimum atomic E-state index is -1.20. The number of carbonyl (C=O) groups excluding carboxylic acids is 1. The third-order valence-electron chi connectivity index (χ3n) is 2.29. The number of unbranched alkanes of at least 4 members (excludes halogenated alkanes) is 2. The number of aliphatic carboxylic acids is 2. The molecule has 3 N–H and O–H groups in total. The molecule has 0 aromatic carbocycles. The number of carboxylic acids is 2. The van der Waals surface area contributed by atoms with Crippen molar-refractivity contribution in [1.29, 1.82) is 0 Å². The number of nitrogens with one attached hydrogen (secondary N) is 1. The predicted octanol–water partition coefficient (Wildman–Crippen LogP) is 0.352. The maximum absolute atomic E-state index is 11.4. The first-order chi connectivity index (χ1) is 7.97. The molecular formula is C11H20NNaO5. The van der Waals surface area contributed by atoms with E-state index in [0.29, 0.717) is 6.42 Å². The molecule has 6 nitrogen and oxygen atoms in total. The van der Waals surface area contributed by atoms with E-state index in [4.69, 9.17) is 10.2 Å². The second-order valence-corrected chi connectivity index (χ2v) is 3.85. The summed E-state index contributed by atoms with van der Waals surface area (Å²) < 4.78 is 0. The molecule has 0 aliphatic heterocycles. The zero-order chi connectivity index (χ0) is 13.3. The third-order valence-corrected chi connectivity index (χ3v) is 2.29. The summed E-state index contributed by atoms with van der Waals surface area (Å²) in [5.74, 6) is -2.61. The Balaban J connectivity index is 0. The van der Waals surface area contributed by atoms with Crippen molar-refractivity contribution in [1.82, 2.24) is 5.32 Å². The molecule has 0 aromatic heterocycles. The average Bonchev–Trinajstić information content (AvgIpc) is 2.23. The van der Waals surface area contributed by atoms with Gasteiger partial charge in [0.25, 0.3) is 0 Å². The summed E-state index contributed by atoms with van der Waals surface area (Å²) >= 11 is 0. The van der Waals surface area contributed by atoms with Crippen molar-refractivity contribution in [2.45, 2.75) is 51.5 Å². The van der Waals surface area contributed by atoms with Crippen LogP contribution in [0, 0.1) is 0 Å². The van der Waals surface area contributed by atoms with Gasteiger partial charge in [-0.05, 0) is 12.8 Å². The molecule has 100 valence electrons. The Bertz CT molecular complexity index is 283. The molecule has 0 saturated carbocycles. The molecule has 0 fully saturated rings. The summed E-state index contributed by atoms with van der Waals surface area (Å²) in [4.78, 5) is 32.4. The van der Waals surface area contributed by atoms with Crippen LogP contribution < -0.4 is 5.32 Å². The zero-order valence-electron chi connectivity index (χ0n) is 9.94. The molecule has 0 rings (SSSR count). The van der Waals surface area contributed by atoms with E-state index in [9.17, 15) is 14.4 Å². The fraction of sp³-hybridized carbons (Fsp3) is 0.727. The molecule has 7 heteroatoms. The van der Waals surface area contributed by atoms with E-state index in [1.807, 2.05) is 6.92 Å². The first-order valence-electron chi connectivity index (χ1n) is 5.71. The normalized spacial score (nSPS) is 11.2. The SMILES string of the molecule is CCCCCC(=O)N[C@@H](CCC(=O)O)C(=O)O.[NaH]. The molecule has 0 spiro atoms. The van der Waals surface area contributed by atoms with Crippen LogP contribution in [0.25, 0.3) is 0 Å². The van der Waals surface area contributed by atoms with E-state index in [1.165, 1.54) is 0 Å². The van der Waals surface area contributed by atoms with Crippen LogP contribution in [-0.2, 0) is 14.4 Å². The van der Waals surface area contributed by atoms with Gasteiger partial charge in [0.2, 0.25) is 5.91 Å². The predicted molar refractivity (Wildman–Crippen MR) is 67.7 cm³/mol. The number of hydrogen-bond donors (Lipinski definition) is 3. The molecule has 0 unspecified atom stereocenters. The van der Waals surface area contributed by atoms with Crippen LogP contribution in [0.2, 0.25) is 0 Å². The summed E-state index contributed by atoms with van der Waals surface area (Å²) in [7, 11) is 0. The standard InChI is InChI=1S/C11H19NO5.Na.H/c1-2-3-4-5-9(13)12-8(11(16)17)6-7-10(14)15;;/h8H,2-7H2,1H3,(H,12,13)(H,14,15)(H,16,17);;/t8-;;/m0../s1. The van der Waals surface area contributed by atoms with Crippen LogP contribution in [0.1, 0.15) is 45.4 Å². The third kappa shape index (κ3) is 10.6. The van der Waals surface area contributed by atoms with Gasteiger partial charge >= 0.3 is 41.5 Å². The molecule has 0 aromatic rings. The van der Waals surface area contributed by atoms with Crippen molar-refractivity contribution in [2.24, 2.45) is 0 Å². The van der Waals surface area contributed by atoms with Gasteiger partial charge < -0.3 is 15.5 Å². The summed E-state index contributed by atoms with van der Waals surface area (Å²) in [6.45, 7) is 2.00. The van der Waals surface area contributed by atoms with Gasteiger partial charge in [-0.2, -0.15) is 0 Å². The molecule has 18 heavy (non-hydrogen) atoms. The van der Waals surface area contributed by atoms with Gasteiger partial charge in [0, 0.05) is 12.8 Å². The van der Waals surface area contributed by atoms with Gasteiger partial charge in [0.1, 0.15) is 6.04 Å². The molecule has 0 heterocycles. The van der Waals surface area contributed by atoms with Gasteiger partial charge in [0.15, 0.2) is 0 Å². The van der Waals surface area contributed by atoms with Crippen LogP contribution in [-0.4, -0.2) is 63.7 Å². The molecule has 0 radical (unpaired) electrons. The van der Waals surface area contributed by atoms with Crippen LogP contribution in [0.4, 0.5) is 0 Å². The Morgan fingerprint density at radius 3 is 2.17 bits per heavy atom. The topological polar surface area (TPSA) is 104 Å². The first-order valence-corrected chi connectivity index (χ1v) is 5.71. The van der Waals surface area contributed by atoms with E-state index in [-0.39, 0.29) is 54.7 Å². The van der Waals surface area contributed by atoms with Crippen molar-refractivity contribution in [3.05, 3.63) is 0 Å². The summed E-state index contributed by atoms with van der Waals surface area (Å²) in [6, 6.07) is -1.11. The molecule has 0 bridgehead atoms. The second kappa shape index (κ2) is 11.5. The van der Waals surface area contributed by atoms with Crippen molar-refractivity contribution in [2.75, 3.05) is 0 Å². The van der Waals surface area contributed by atoms with Crippen LogP contribution in [0.5, 0.6) is 0 Å². The van der Waals surface area contributed by atoms with Gasteiger partial charge in [-0.25, -0.2) is 4.79 Å². The van der Waals surface area contributed by atoms with Gasteiger partial charge in [-0.1, -0.05) is 19.8 Å². The molecule has 1 amide bonds. The van der Waals surface area contributed by atoms with Crippen molar-refractivity contribution in [3.63, 3.8) is 0 Å². The molecule has 1 atom stereocenters. The van der Waals surface area contributed by atoms with Crippen molar-refractivity contribution < 1.29 is 24.6 Å². The Kier molecular flexibility index (Phi) is 12.6. The van der Waals surface area contributed by atoms with Crippen LogP contribution in [0.15, 0.2) is 0 Å². The van der Waals surface area contributed by atoms with Gasteiger partial charge in [0.05, 0.1) is 0 Å². The van der Waals surface area contributed by atoms with Crippen LogP contribution in [0.3, 0.4) is 0 Å². The fourth-order valence-electron chi connectivity index (χ4n) is 1.33. The van der Waals surface area contributed by atoms with E-state index < -0.39 is 18.0 Å². The van der Waals surface area contributed by atoms with Gasteiger partial charge in [-0.15, -0.1) is 0 Å². The number of carbonyl (C=O) groups is 3. The van der Waals surface area contributed by atoms with E-state index in [1.54, 1.807) is 0 Å². The van der Waals surface area contributed by atoms with Crippen LogP contribution >= 0.6 is 0 Å². The van der Waals surface area contributed by atoms with E-state index >= 15 is 0 Å². The van der Waals surface area contributed by atoms with Gasteiger partial charge in [-0.3, -0.25) is 9.59 Å². The van der Waals surface area contributed by atoms with Crippen molar-refractivity contribution in [3.8, 4) is 0 Å². The van der Waals surface area contributed by atoms with E-state index in [0.717, 1.165) is 12.8 Å². The Hall–Kier alpha value is -0.590. The minimum absolute atomic E-state index is 0.